The molecule has 0 saturated carbocycles. The summed E-state index contributed by atoms with van der Waals surface area (Å²) >= 11 is 0. The molecule has 0 spiro atoms. The van der Waals surface area contributed by atoms with Crippen LogP contribution < -0.4 is 0 Å². The summed E-state index contributed by atoms with van der Waals surface area (Å²) in [5, 5.41) is 0. The third-order valence-electron chi connectivity index (χ3n) is 4.12. The molecule has 0 fully saturated rings. The smallest absolute Gasteiger partial charge is 0.417 e. The highest BCUT2D eigenvalue weighted by atomic mass is 19.4. The minimum atomic E-state index is -4.53. The number of fused-ring (bicyclic) bond motifs is 1. The maximum Gasteiger partial charge on any atom is 0.417 e. The van der Waals surface area contributed by atoms with Crippen LogP contribution in [0, 0.1) is 0 Å². The van der Waals surface area contributed by atoms with E-state index < -0.39 is 23.6 Å². The van der Waals surface area contributed by atoms with Gasteiger partial charge in [-0.3, -0.25) is 14.0 Å². The Labute approximate surface area is 154 Å². The lowest BCUT2D eigenvalue weighted by Crippen LogP contribution is -2.34. The van der Waals surface area contributed by atoms with Gasteiger partial charge in [-0.25, -0.2) is 4.98 Å². The maximum absolute atomic E-state index is 13.1. The van der Waals surface area contributed by atoms with Gasteiger partial charge < -0.3 is 9.64 Å². The van der Waals surface area contributed by atoms with Crippen molar-refractivity contribution in [2.75, 3.05) is 19.7 Å². The first-order valence-electron chi connectivity index (χ1n) is 8.75. The van der Waals surface area contributed by atoms with E-state index in [1.165, 1.54) is 15.4 Å². The van der Waals surface area contributed by atoms with Gasteiger partial charge in [0.2, 0.25) is 0 Å². The predicted octanol–water partition coefficient (Wildman–Crippen LogP) is 3.33. The van der Waals surface area contributed by atoms with Crippen molar-refractivity contribution in [2.24, 2.45) is 0 Å². The average molecular weight is 385 g/mol. The maximum atomic E-state index is 13.1. The van der Waals surface area contributed by atoms with Gasteiger partial charge in [0.25, 0.3) is 5.91 Å². The fraction of sp³-hybridized carbons (Fsp3) is 0.500. The molecule has 0 bridgehead atoms. The highest BCUT2D eigenvalue weighted by Crippen LogP contribution is 2.30. The van der Waals surface area contributed by atoms with Gasteiger partial charge in [0.1, 0.15) is 11.3 Å². The number of alkyl halides is 3. The fourth-order valence-corrected chi connectivity index (χ4v) is 2.75. The lowest BCUT2D eigenvalue weighted by molar-refractivity contribution is -0.143. The molecular formula is C18H22F3N3O3. The number of amides is 1. The zero-order valence-corrected chi connectivity index (χ0v) is 15.5. The first kappa shape index (κ1) is 20.7. The van der Waals surface area contributed by atoms with Crippen LogP contribution in [0.5, 0.6) is 0 Å². The largest absolute Gasteiger partial charge is 0.466 e. The van der Waals surface area contributed by atoms with Crippen molar-refractivity contribution < 1.29 is 27.5 Å². The molecule has 1 amide bonds. The van der Waals surface area contributed by atoms with Crippen LogP contribution in [0.25, 0.3) is 5.65 Å². The summed E-state index contributed by atoms with van der Waals surface area (Å²) < 4.78 is 45.2. The predicted molar refractivity (Wildman–Crippen MR) is 92.4 cm³/mol. The number of aryl methyl sites for hydroxylation is 1. The molecular weight excluding hydrogens is 363 g/mol. The molecule has 0 aliphatic carbocycles. The van der Waals surface area contributed by atoms with Crippen molar-refractivity contribution in [1.82, 2.24) is 14.3 Å². The van der Waals surface area contributed by atoms with Crippen LogP contribution in [-0.2, 0) is 22.1 Å². The van der Waals surface area contributed by atoms with E-state index in [2.05, 4.69) is 4.98 Å². The Morgan fingerprint density at radius 1 is 1.22 bits per heavy atom. The van der Waals surface area contributed by atoms with Crippen LogP contribution in [0.1, 0.15) is 48.9 Å². The van der Waals surface area contributed by atoms with Gasteiger partial charge >= 0.3 is 12.1 Å². The highest BCUT2D eigenvalue weighted by Gasteiger charge is 2.32. The number of pyridine rings is 1. The summed E-state index contributed by atoms with van der Waals surface area (Å²) in [6, 6.07) is 2.18. The Hall–Kier alpha value is -2.58. The summed E-state index contributed by atoms with van der Waals surface area (Å²) in [7, 11) is 0. The number of ether oxygens (including phenoxy) is 1. The number of carbonyl (C=O) groups excluding carboxylic acids is 2. The van der Waals surface area contributed by atoms with Crippen LogP contribution in [-0.4, -0.2) is 45.9 Å². The van der Waals surface area contributed by atoms with Crippen molar-refractivity contribution in [3.63, 3.8) is 0 Å². The third kappa shape index (κ3) is 4.58. The monoisotopic (exact) mass is 385 g/mol. The Morgan fingerprint density at radius 3 is 2.48 bits per heavy atom. The lowest BCUT2D eigenvalue weighted by atomic mass is 10.2. The minimum Gasteiger partial charge on any atom is -0.466 e. The lowest BCUT2D eigenvalue weighted by Gasteiger charge is -2.21. The average Bonchev–Trinajstić information content (AvgIpc) is 2.99. The van der Waals surface area contributed by atoms with Crippen LogP contribution in [0.3, 0.4) is 0 Å². The number of hydrogen-bond acceptors (Lipinski definition) is 4. The van der Waals surface area contributed by atoms with Crippen LogP contribution >= 0.6 is 0 Å². The van der Waals surface area contributed by atoms with E-state index >= 15 is 0 Å². The van der Waals surface area contributed by atoms with E-state index in [1.807, 2.05) is 0 Å². The van der Waals surface area contributed by atoms with Gasteiger partial charge in [-0.2, -0.15) is 13.2 Å². The molecule has 0 aliphatic heterocycles. The quantitative estimate of drug-likeness (QED) is 0.686. The second kappa shape index (κ2) is 8.41. The van der Waals surface area contributed by atoms with Gasteiger partial charge in [0, 0.05) is 19.3 Å². The van der Waals surface area contributed by atoms with Gasteiger partial charge in [0.15, 0.2) is 0 Å². The molecule has 0 saturated heterocycles. The van der Waals surface area contributed by atoms with Crippen molar-refractivity contribution >= 4 is 17.5 Å². The number of nitrogens with zero attached hydrogens (tertiary/aromatic N) is 3. The second-order valence-electron chi connectivity index (χ2n) is 5.84. The number of esters is 1. The molecule has 2 aromatic rings. The van der Waals surface area contributed by atoms with E-state index in [0.717, 1.165) is 12.3 Å². The normalized spacial score (nSPS) is 11.6. The summed E-state index contributed by atoms with van der Waals surface area (Å²) in [6.45, 7) is 5.85. The molecule has 2 rings (SSSR count). The molecule has 0 aromatic carbocycles. The molecule has 27 heavy (non-hydrogen) atoms. The topological polar surface area (TPSA) is 63.9 Å². The van der Waals surface area contributed by atoms with E-state index in [4.69, 9.17) is 4.74 Å². The van der Waals surface area contributed by atoms with Crippen molar-refractivity contribution in [1.29, 1.82) is 0 Å². The Kier molecular flexibility index (Phi) is 6.45. The van der Waals surface area contributed by atoms with Crippen LogP contribution in [0.4, 0.5) is 13.2 Å². The minimum absolute atomic E-state index is 0.0133. The Bertz CT molecular complexity index is 830. The van der Waals surface area contributed by atoms with Crippen molar-refractivity contribution in [2.45, 2.75) is 39.8 Å². The number of imidazole rings is 1. The van der Waals surface area contributed by atoms with E-state index in [9.17, 15) is 22.8 Å². The van der Waals surface area contributed by atoms with Gasteiger partial charge in [-0.1, -0.05) is 6.92 Å². The fourth-order valence-electron chi connectivity index (χ4n) is 2.75. The number of carbonyl (C=O) groups is 2. The SMILES string of the molecule is CCOC(=O)CCN(CC)C(=O)c1c(CC)nc2ccc(C(F)(F)F)cn12. The molecule has 9 heteroatoms. The summed E-state index contributed by atoms with van der Waals surface area (Å²) in [4.78, 5) is 30.2. The van der Waals surface area contributed by atoms with Gasteiger partial charge in [-0.05, 0) is 32.4 Å². The molecule has 0 aliphatic rings. The summed E-state index contributed by atoms with van der Waals surface area (Å²) in [5.74, 6) is -0.901. The third-order valence-corrected chi connectivity index (χ3v) is 4.12. The number of halogens is 3. The van der Waals surface area contributed by atoms with Crippen molar-refractivity contribution in [3.05, 3.63) is 35.3 Å². The first-order valence-corrected chi connectivity index (χ1v) is 8.75. The van der Waals surface area contributed by atoms with E-state index in [0.29, 0.717) is 18.7 Å². The second-order valence-corrected chi connectivity index (χ2v) is 5.84. The van der Waals surface area contributed by atoms with E-state index in [-0.39, 0.29) is 30.9 Å². The number of aromatic nitrogens is 2. The Balaban J connectivity index is 2.41. The molecule has 2 heterocycles. The zero-order valence-electron chi connectivity index (χ0n) is 15.5. The highest BCUT2D eigenvalue weighted by molar-refractivity contribution is 5.95. The molecule has 6 nitrogen and oxygen atoms in total. The van der Waals surface area contributed by atoms with Crippen LogP contribution in [0.2, 0.25) is 0 Å². The van der Waals surface area contributed by atoms with Crippen LogP contribution in [0.15, 0.2) is 18.3 Å². The van der Waals surface area contributed by atoms with E-state index in [1.54, 1.807) is 20.8 Å². The Morgan fingerprint density at radius 2 is 1.93 bits per heavy atom. The number of hydrogen-bond donors (Lipinski definition) is 0. The van der Waals surface area contributed by atoms with Crippen molar-refractivity contribution in [3.8, 4) is 0 Å². The first-order chi connectivity index (χ1) is 12.7. The molecule has 0 unspecified atom stereocenters. The van der Waals surface area contributed by atoms with Gasteiger partial charge in [0.05, 0.1) is 24.3 Å². The molecule has 2 aromatic heterocycles. The molecule has 0 N–H and O–H groups in total. The molecule has 148 valence electrons. The summed E-state index contributed by atoms with van der Waals surface area (Å²) in [5.41, 5.74) is -0.0958. The zero-order chi connectivity index (χ0) is 20.2. The standard InChI is InChI=1S/C18H22F3N3O3/c1-4-13-16(17(26)23(5-2)10-9-15(25)27-6-3)24-11-12(18(19,20)21)7-8-14(24)22-13/h7-8,11H,4-6,9-10H2,1-3H3. The molecule has 0 atom stereocenters. The molecule has 0 radical (unpaired) electrons. The van der Waals surface area contributed by atoms with Gasteiger partial charge in [-0.15, -0.1) is 0 Å². The number of rotatable bonds is 7. The summed E-state index contributed by atoms with van der Waals surface area (Å²) in [6.07, 6.45) is -3.24.